The van der Waals surface area contributed by atoms with Crippen LogP contribution in [0.3, 0.4) is 0 Å². The smallest absolute Gasteiger partial charge is 0.102 e. The van der Waals surface area contributed by atoms with Crippen LogP contribution in [0.5, 0.6) is 0 Å². The van der Waals surface area contributed by atoms with E-state index >= 15 is 0 Å². The molecule has 0 spiro atoms. The highest BCUT2D eigenvalue weighted by atomic mass is 14.7. The number of rotatable bonds is 1. The molecular formula is C9H5N3. The summed E-state index contributed by atoms with van der Waals surface area (Å²) >= 11 is 0. The van der Waals surface area contributed by atoms with E-state index in [1.807, 2.05) is 6.07 Å². The Balaban J connectivity index is 3.09. The fourth-order valence-corrected chi connectivity index (χ4v) is 0.750. The molecule has 0 unspecified atom stereocenters. The molecule has 0 bridgehead atoms. The minimum atomic E-state index is 0.290. The van der Waals surface area contributed by atoms with Gasteiger partial charge < -0.3 is 0 Å². The summed E-state index contributed by atoms with van der Waals surface area (Å²) in [5.41, 5.74) is 0.819. The third-order valence-electron chi connectivity index (χ3n) is 1.27. The summed E-state index contributed by atoms with van der Waals surface area (Å²) in [6, 6.07) is 8.90. The number of pyridine rings is 1. The van der Waals surface area contributed by atoms with Crippen LogP contribution in [0.2, 0.25) is 0 Å². The maximum Gasteiger partial charge on any atom is 0.102 e. The molecule has 0 saturated heterocycles. The molecule has 0 aromatic carbocycles. The average molecular weight is 155 g/mol. The Morgan fingerprint density at radius 3 is 2.75 bits per heavy atom. The highest BCUT2D eigenvalue weighted by molar-refractivity contribution is 5.75. The van der Waals surface area contributed by atoms with E-state index in [-0.39, 0.29) is 5.57 Å². The van der Waals surface area contributed by atoms with E-state index < -0.39 is 0 Å². The summed E-state index contributed by atoms with van der Waals surface area (Å²) in [6.45, 7) is 0. The average Bonchev–Trinajstić information content (AvgIpc) is 2.15. The van der Waals surface area contributed by atoms with Gasteiger partial charge >= 0.3 is 0 Å². The topological polar surface area (TPSA) is 60.5 Å². The lowest BCUT2D eigenvalue weighted by Crippen LogP contribution is -1.84. The molecule has 0 fully saturated rings. The van der Waals surface area contributed by atoms with Crippen molar-refractivity contribution in [2.24, 2.45) is 0 Å². The number of nitriles is 2. The second kappa shape index (κ2) is 3.90. The fraction of sp³-hybridized carbons (Fsp3) is 0. The second-order valence-corrected chi connectivity index (χ2v) is 2.01. The predicted molar refractivity (Wildman–Crippen MR) is 43.4 cm³/mol. The Kier molecular flexibility index (Phi) is 2.59. The minimum absolute atomic E-state index is 0.290. The Labute approximate surface area is 70.2 Å². The first-order valence-electron chi connectivity index (χ1n) is 3.30. The lowest BCUT2D eigenvalue weighted by molar-refractivity contribution is 1.28. The molecular weight excluding hydrogens is 150 g/mol. The van der Waals surface area contributed by atoms with E-state index in [2.05, 4.69) is 4.98 Å². The van der Waals surface area contributed by atoms with Crippen molar-refractivity contribution in [3.63, 3.8) is 0 Å². The van der Waals surface area contributed by atoms with Crippen LogP contribution in [0.4, 0.5) is 0 Å². The zero-order valence-electron chi connectivity index (χ0n) is 6.23. The largest absolute Gasteiger partial charge is 0.255 e. The Morgan fingerprint density at radius 1 is 1.42 bits per heavy atom. The number of hydrogen-bond donors (Lipinski definition) is 0. The van der Waals surface area contributed by atoms with E-state index in [0.717, 1.165) is 0 Å². The van der Waals surface area contributed by atoms with Gasteiger partial charge in [-0.2, -0.15) is 10.5 Å². The maximum atomic E-state index is 8.60. The van der Waals surface area contributed by atoms with Crippen molar-refractivity contribution in [2.45, 2.75) is 0 Å². The number of aromatic nitrogens is 1. The van der Waals surface area contributed by atoms with Crippen LogP contribution in [-0.4, -0.2) is 4.98 Å². The summed E-state index contributed by atoms with van der Waals surface area (Å²) in [5, 5.41) is 16.9. The van der Waals surface area contributed by atoms with Crippen LogP contribution < -0.4 is 0 Å². The lowest BCUT2D eigenvalue weighted by Gasteiger charge is -1.92. The van der Waals surface area contributed by atoms with Gasteiger partial charge in [-0.25, -0.2) is 0 Å². The lowest BCUT2D eigenvalue weighted by atomic mass is 10.2. The molecule has 0 saturated carbocycles. The number of nitrogens with zero attached hydrogens (tertiary/aromatic N) is 3. The molecule has 0 radical (unpaired) electrons. The van der Waals surface area contributed by atoms with Gasteiger partial charge in [0.15, 0.2) is 0 Å². The van der Waals surface area contributed by atoms with Crippen molar-refractivity contribution < 1.29 is 0 Å². The first kappa shape index (κ1) is 7.97. The highest BCUT2D eigenvalue weighted by Gasteiger charge is 1.98. The molecule has 0 amide bonds. The van der Waals surface area contributed by atoms with Crippen LogP contribution in [-0.2, 0) is 0 Å². The van der Waals surface area contributed by atoms with Gasteiger partial charge in [-0.3, -0.25) is 4.98 Å². The fourth-order valence-electron chi connectivity index (χ4n) is 0.750. The van der Waals surface area contributed by atoms with Crippen LogP contribution >= 0.6 is 0 Å². The molecule has 0 aliphatic carbocycles. The zero-order valence-corrected chi connectivity index (χ0v) is 6.23. The molecule has 56 valence electrons. The Bertz CT molecular complexity index is 365. The van der Waals surface area contributed by atoms with Gasteiger partial charge in [0, 0.05) is 12.3 Å². The van der Waals surface area contributed by atoms with Crippen LogP contribution in [0, 0.1) is 22.7 Å². The van der Waals surface area contributed by atoms with E-state index in [1.54, 1.807) is 30.5 Å². The van der Waals surface area contributed by atoms with Crippen molar-refractivity contribution in [1.29, 1.82) is 10.5 Å². The van der Waals surface area contributed by atoms with Gasteiger partial charge in [0.05, 0.1) is 17.3 Å². The summed E-state index contributed by atoms with van der Waals surface area (Å²) in [6.07, 6.45) is 2.76. The molecule has 0 atom stereocenters. The Hall–Kier alpha value is -2.13. The SMILES string of the molecule is N#CC=C(C#N)c1ccccn1. The summed E-state index contributed by atoms with van der Waals surface area (Å²) < 4.78 is 0. The molecule has 1 rings (SSSR count). The maximum absolute atomic E-state index is 8.60. The van der Waals surface area contributed by atoms with Crippen molar-refractivity contribution >= 4 is 5.57 Å². The summed E-state index contributed by atoms with van der Waals surface area (Å²) in [7, 11) is 0. The van der Waals surface area contributed by atoms with E-state index in [1.165, 1.54) is 6.08 Å². The summed E-state index contributed by atoms with van der Waals surface area (Å²) in [4.78, 5) is 3.93. The van der Waals surface area contributed by atoms with Gasteiger partial charge in [-0.05, 0) is 12.1 Å². The van der Waals surface area contributed by atoms with Crippen LogP contribution in [0.25, 0.3) is 5.57 Å². The van der Waals surface area contributed by atoms with Crippen molar-refractivity contribution in [1.82, 2.24) is 4.98 Å². The monoisotopic (exact) mass is 155 g/mol. The Morgan fingerprint density at radius 2 is 2.25 bits per heavy atom. The van der Waals surface area contributed by atoms with Gasteiger partial charge in [0.1, 0.15) is 6.07 Å². The van der Waals surface area contributed by atoms with Gasteiger partial charge in [-0.15, -0.1) is 0 Å². The van der Waals surface area contributed by atoms with Crippen LogP contribution in [0.1, 0.15) is 5.69 Å². The highest BCUT2D eigenvalue weighted by Crippen LogP contribution is 2.08. The second-order valence-electron chi connectivity index (χ2n) is 2.01. The molecule has 1 aromatic rings. The molecule has 0 aliphatic heterocycles. The van der Waals surface area contributed by atoms with Gasteiger partial charge in [-0.1, -0.05) is 6.07 Å². The van der Waals surface area contributed by atoms with Crippen molar-refractivity contribution in [2.75, 3.05) is 0 Å². The van der Waals surface area contributed by atoms with Crippen molar-refractivity contribution in [3.05, 3.63) is 36.2 Å². The van der Waals surface area contributed by atoms with E-state index in [0.29, 0.717) is 5.69 Å². The molecule has 0 N–H and O–H groups in total. The summed E-state index contributed by atoms with van der Waals surface area (Å²) in [5.74, 6) is 0. The molecule has 3 nitrogen and oxygen atoms in total. The van der Waals surface area contributed by atoms with E-state index in [4.69, 9.17) is 10.5 Å². The first-order valence-corrected chi connectivity index (χ1v) is 3.30. The van der Waals surface area contributed by atoms with E-state index in [9.17, 15) is 0 Å². The standard InChI is InChI=1S/C9H5N3/c10-5-4-8(7-11)9-3-1-2-6-12-9/h1-4,6H. The molecule has 0 aliphatic rings. The van der Waals surface area contributed by atoms with Gasteiger partial charge in [0.2, 0.25) is 0 Å². The zero-order chi connectivity index (χ0) is 8.81. The molecule has 1 aromatic heterocycles. The third-order valence-corrected chi connectivity index (χ3v) is 1.27. The first-order chi connectivity index (χ1) is 5.88. The number of allylic oxidation sites excluding steroid dienone is 2. The molecule has 3 heteroatoms. The van der Waals surface area contributed by atoms with Crippen molar-refractivity contribution in [3.8, 4) is 12.1 Å². The quantitative estimate of drug-likeness (QED) is 0.577. The van der Waals surface area contributed by atoms with Crippen LogP contribution in [0.15, 0.2) is 30.5 Å². The third kappa shape index (κ3) is 1.68. The number of hydrogen-bond acceptors (Lipinski definition) is 3. The molecule has 1 heterocycles. The minimum Gasteiger partial charge on any atom is -0.255 e. The predicted octanol–water partition coefficient (Wildman–Crippen LogP) is 1.51. The normalized spacial score (nSPS) is 10.0. The van der Waals surface area contributed by atoms with Gasteiger partial charge in [0.25, 0.3) is 0 Å². The molecule has 12 heavy (non-hydrogen) atoms.